The Morgan fingerprint density at radius 2 is 1.90 bits per heavy atom. The summed E-state index contributed by atoms with van der Waals surface area (Å²) in [5, 5.41) is 0. The van der Waals surface area contributed by atoms with E-state index < -0.39 is 0 Å². The maximum atomic E-state index is 13.1. The van der Waals surface area contributed by atoms with Crippen molar-refractivity contribution in [2.45, 2.75) is 78.1 Å². The van der Waals surface area contributed by atoms with Gasteiger partial charge in [0.1, 0.15) is 0 Å². The Kier molecular flexibility index (Phi) is 9.83. The smallest absolute Gasteiger partial charge is 0.162 e. The van der Waals surface area contributed by atoms with Gasteiger partial charge in [-0.1, -0.05) is 74.2 Å². The molecule has 2 rings (SSSR count). The van der Waals surface area contributed by atoms with E-state index in [2.05, 4.69) is 61.3 Å². The van der Waals surface area contributed by atoms with E-state index in [-0.39, 0.29) is 5.78 Å². The molecule has 0 saturated heterocycles. The van der Waals surface area contributed by atoms with Crippen LogP contribution in [-0.4, -0.2) is 18.5 Å². The van der Waals surface area contributed by atoms with E-state index in [1.54, 1.807) is 0 Å². The van der Waals surface area contributed by atoms with Crippen LogP contribution in [0, 0.1) is 0 Å². The van der Waals surface area contributed by atoms with Crippen LogP contribution in [0.3, 0.4) is 0 Å². The predicted octanol–water partition coefficient (Wildman–Crippen LogP) is 7.38. The first-order valence-electron chi connectivity index (χ1n) is 11.2. The second-order valence-corrected chi connectivity index (χ2v) is 8.11. The molecule has 1 atom stereocenters. The molecule has 0 fully saturated rings. The van der Waals surface area contributed by atoms with Crippen molar-refractivity contribution in [2.24, 2.45) is 4.99 Å². The van der Waals surface area contributed by atoms with Crippen molar-refractivity contribution in [3.63, 3.8) is 0 Å². The van der Waals surface area contributed by atoms with E-state index in [9.17, 15) is 4.79 Å². The van der Waals surface area contributed by atoms with Gasteiger partial charge in [0.05, 0.1) is 0 Å². The van der Waals surface area contributed by atoms with Crippen molar-refractivity contribution in [1.82, 2.24) is 0 Å². The van der Waals surface area contributed by atoms with Crippen LogP contribution >= 0.6 is 0 Å². The Morgan fingerprint density at radius 1 is 1.14 bits per heavy atom. The molecule has 0 bridgehead atoms. The molecule has 0 amide bonds. The Balaban J connectivity index is 2.15. The first-order valence-corrected chi connectivity index (χ1v) is 11.2. The van der Waals surface area contributed by atoms with Gasteiger partial charge in [0.2, 0.25) is 0 Å². The highest BCUT2D eigenvalue weighted by Gasteiger charge is 2.16. The monoisotopic (exact) mass is 391 g/mol. The summed E-state index contributed by atoms with van der Waals surface area (Å²) < 4.78 is 0. The number of carbonyl (C=O) groups excluding carboxylic acids is 1. The number of ketones is 1. The highest BCUT2D eigenvalue weighted by Crippen LogP contribution is 2.29. The van der Waals surface area contributed by atoms with Gasteiger partial charge in [-0.2, -0.15) is 0 Å². The van der Waals surface area contributed by atoms with Crippen LogP contribution in [0.15, 0.2) is 70.3 Å². The fourth-order valence-corrected chi connectivity index (χ4v) is 3.97. The lowest BCUT2D eigenvalue weighted by Crippen LogP contribution is -2.09. The quantitative estimate of drug-likeness (QED) is 0.302. The van der Waals surface area contributed by atoms with Gasteiger partial charge in [0.15, 0.2) is 5.78 Å². The number of Topliss-reactive ketones (excluding diaryl/α,β-unsaturated/α-hetero) is 1. The summed E-state index contributed by atoms with van der Waals surface area (Å²) in [4.78, 5) is 17.5. The molecule has 0 aromatic heterocycles. The lowest BCUT2D eigenvalue weighted by molar-refractivity contribution is -0.115. The molecule has 0 spiro atoms. The van der Waals surface area contributed by atoms with E-state index in [1.807, 2.05) is 20.0 Å². The van der Waals surface area contributed by atoms with Crippen LogP contribution in [0.4, 0.5) is 0 Å². The third-order valence-electron chi connectivity index (χ3n) is 5.94. The highest BCUT2D eigenvalue weighted by molar-refractivity contribution is 6.05. The van der Waals surface area contributed by atoms with Crippen LogP contribution in [0.25, 0.3) is 0 Å². The molecule has 156 valence electrons. The number of benzene rings is 1. The molecule has 0 unspecified atom stereocenters. The third-order valence-corrected chi connectivity index (χ3v) is 5.94. The van der Waals surface area contributed by atoms with Crippen molar-refractivity contribution in [2.75, 3.05) is 7.05 Å². The zero-order valence-corrected chi connectivity index (χ0v) is 18.7. The van der Waals surface area contributed by atoms with Crippen molar-refractivity contribution in [1.29, 1.82) is 0 Å². The van der Waals surface area contributed by atoms with Crippen LogP contribution < -0.4 is 0 Å². The number of carbonyl (C=O) groups is 1. The number of rotatable bonds is 10. The first kappa shape index (κ1) is 23.1. The first-order chi connectivity index (χ1) is 14.1. The van der Waals surface area contributed by atoms with Gasteiger partial charge < -0.3 is 0 Å². The molecule has 2 heteroatoms. The van der Waals surface area contributed by atoms with Crippen molar-refractivity contribution < 1.29 is 4.79 Å². The second kappa shape index (κ2) is 12.4. The van der Waals surface area contributed by atoms with Crippen molar-refractivity contribution in [3.05, 3.63) is 70.8 Å². The maximum Gasteiger partial charge on any atom is 0.162 e. The van der Waals surface area contributed by atoms with Crippen LogP contribution in [-0.2, 0) is 4.79 Å². The normalized spacial score (nSPS) is 21.7. The van der Waals surface area contributed by atoms with Gasteiger partial charge in [0, 0.05) is 24.8 Å². The summed E-state index contributed by atoms with van der Waals surface area (Å²) in [7, 11) is 1.82. The Morgan fingerprint density at radius 3 is 2.59 bits per heavy atom. The number of aliphatic imine (C=N–C) groups is 1. The fraction of sp³-hybridized carbons (Fsp3) is 0.481. The molecule has 0 aliphatic heterocycles. The lowest BCUT2D eigenvalue weighted by atomic mass is 9.87. The van der Waals surface area contributed by atoms with E-state index in [0.717, 1.165) is 42.5 Å². The van der Waals surface area contributed by atoms with Gasteiger partial charge in [-0.05, 0) is 62.7 Å². The molecule has 29 heavy (non-hydrogen) atoms. The second-order valence-electron chi connectivity index (χ2n) is 8.11. The summed E-state index contributed by atoms with van der Waals surface area (Å²) in [6.07, 6.45) is 14.6. The van der Waals surface area contributed by atoms with Crippen molar-refractivity contribution >= 4 is 11.5 Å². The minimum absolute atomic E-state index is 0.244. The van der Waals surface area contributed by atoms with Gasteiger partial charge in [-0.25, -0.2) is 0 Å². The molecule has 0 radical (unpaired) electrons. The predicted molar refractivity (Wildman–Crippen MR) is 126 cm³/mol. The number of unbranched alkanes of at least 4 members (excludes halogenated alkanes) is 2. The molecular formula is C27H37NO. The average Bonchev–Trinajstić information content (AvgIpc) is 2.73. The van der Waals surface area contributed by atoms with Crippen molar-refractivity contribution in [3.8, 4) is 0 Å². The molecule has 0 saturated carbocycles. The summed E-state index contributed by atoms with van der Waals surface area (Å²) in [6, 6.07) is 10.7. The standard InChI is InChI=1S/C27H37NO/c1-5-6-8-14-24(23-15-9-7-10-16-23)18-19-27(29)25-17-12-11-13-21(2)26(20-25)22(3)28-4/h7,9-10,12,15-17,20,24H,5-6,8,11,13-14,18-19H2,1-4H3/b17-12+,25-20+,26-21+,28-22?/t24-/m0/s1. The van der Waals surface area contributed by atoms with Crippen LogP contribution in [0.5, 0.6) is 0 Å². The zero-order chi connectivity index (χ0) is 21.1. The Hall–Kier alpha value is -2.22. The van der Waals surface area contributed by atoms with Gasteiger partial charge in [-0.15, -0.1) is 0 Å². The Bertz CT molecular complexity index is 780. The summed E-state index contributed by atoms with van der Waals surface area (Å²) in [5.41, 5.74) is 5.63. The molecule has 0 N–H and O–H groups in total. The summed E-state index contributed by atoms with van der Waals surface area (Å²) >= 11 is 0. The average molecular weight is 392 g/mol. The number of allylic oxidation sites excluding steroid dienone is 6. The van der Waals surface area contributed by atoms with Gasteiger partial charge >= 0.3 is 0 Å². The van der Waals surface area contributed by atoms with E-state index in [1.165, 1.54) is 30.4 Å². The minimum Gasteiger partial charge on any atom is -0.294 e. The maximum absolute atomic E-state index is 13.1. The fourth-order valence-electron chi connectivity index (χ4n) is 3.97. The summed E-state index contributed by atoms with van der Waals surface area (Å²) in [6.45, 7) is 6.42. The molecule has 0 heterocycles. The molecular weight excluding hydrogens is 354 g/mol. The van der Waals surface area contributed by atoms with Gasteiger partial charge in [0.25, 0.3) is 0 Å². The number of hydrogen-bond acceptors (Lipinski definition) is 2. The SMILES string of the molecule is CCCCC[C@@H](CCC(=O)C1=C/C(C(C)=NC)=C(/C)CC\C=C\1)c1ccccc1. The summed E-state index contributed by atoms with van der Waals surface area (Å²) in [5.74, 6) is 0.703. The van der Waals surface area contributed by atoms with Gasteiger partial charge in [-0.3, -0.25) is 9.79 Å². The molecule has 1 aromatic rings. The minimum atomic E-state index is 0.244. The van der Waals surface area contributed by atoms with E-state index in [4.69, 9.17) is 0 Å². The largest absolute Gasteiger partial charge is 0.294 e. The number of hydrogen-bond donors (Lipinski definition) is 0. The molecule has 1 aromatic carbocycles. The third kappa shape index (κ3) is 7.27. The lowest BCUT2D eigenvalue weighted by Gasteiger charge is -2.18. The van der Waals surface area contributed by atoms with E-state index >= 15 is 0 Å². The zero-order valence-electron chi connectivity index (χ0n) is 18.7. The highest BCUT2D eigenvalue weighted by atomic mass is 16.1. The van der Waals surface area contributed by atoms with Crippen LogP contribution in [0.2, 0.25) is 0 Å². The van der Waals surface area contributed by atoms with Crippen LogP contribution in [0.1, 0.15) is 83.6 Å². The Labute approximate surface area is 177 Å². The molecule has 1 aliphatic rings. The molecule has 2 nitrogen and oxygen atoms in total. The van der Waals surface area contributed by atoms with E-state index in [0.29, 0.717) is 12.3 Å². The number of nitrogens with zero attached hydrogens (tertiary/aromatic N) is 1. The topological polar surface area (TPSA) is 29.4 Å². The molecule has 1 aliphatic carbocycles.